The molecule has 1 unspecified atom stereocenters. The van der Waals surface area contributed by atoms with Crippen molar-refractivity contribution in [1.82, 2.24) is 5.32 Å². The summed E-state index contributed by atoms with van der Waals surface area (Å²) >= 11 is 6.06. The van der Waals surface area contributed by atoms with Crippen LogP contribution in [0.2, 0.25) is 5.02 Å². The van der Waals surface area contributed by atoms with E-state index in [1.165, 1.54) is 22.3 Å². The Hall–Kier alpha value is -1.31. The van der Waals surface area contributed by atoms with E-state index in [0.29, 0.717) is 12.0 Å². The molecular formula is C19H22ClN. The van der Waals surface area contributed by atoms with Gasteiger partial charge in [-0.2, -0.15) is 0 Å². The highest BCUT2D eigenvalue weighted by Gasteiger charge is 2.20. The van der Waals surface area contributed by atoms with Crippen LogP contribution in [0.1, 0.15) is 42.0 Å². The van der Waals surface area contributed by atoms with Crippen LogP contribution in [0.15, 0.2) is 42.5 Å². The van der Waals surface area contributed by atoms with Crippen molar-refractivity contribution in [3.05, 3.63) is 69.7 Å². The molecule has 3 rings (SSSR count). The Balaban J connectivity index is 1.57. The van der Waals surface area contributed by atoms with Crippen LogP contribution < -0.4 is 5.32 Å². The highest BCUT2D eigenvalue weighted by Crippen LogP contribution is 2.25. The van der Waals surface area contributed by atoms with Crippen LogP contribution in [0.4, 0.5) is 0 Å². The maximum atomic E-state index is 6.06. The van der Waals surface area contributed by atoms with Crippen LogP contribution in [0.5, 0.6) is 0 Å². The van der Waals surface area contributed by atoms with Crippen molar-refractivity contribution in [3.63, 3.8) is 0 Å². The van der Waals surface area contributed by atoms with Gasteiger partial charge in [-0.05, 0) is 53.1 Å². The number of halogens is 1. The molecule has 1 aliphatic carbocycles. The zero-order valence-corrected chi connectivity index (χ0v) is 13.5. The number of hydrogen-bond donors (Lipinski definition) is 1. The number of nitrogens with one attached hydrogen (secondary N) is 1. The van der Waals surface area contributed by atoms with Crippen molar-refractivity contribution < 1.29 is 0 Å². The van der Waals surface area contributed by atoms with Crippen molar-refractivity contribution in [3.8, 4) is 0 Å². The Bertz CT molecular complexity index is 616. The molecule has 0 saturated carbocycles. The van der Waals surface area contributed by atoms with Crippen molar-refractivity contribution in [1.29, 1.82) is 0 Å². The lowest BCUT2D eigenvalue weighted by atomic mass is 10.0. The van der Waals surface area contributed by atoms with Crippen LogP contribution in [-0.2, 0) is 19.4 Å². The zero-order chi connectivity index (χ0) is 14.8. The minimum Gasteiger partial charge on any atom is -0.309 e. The van der Waals surface area contributed by atoms with Gasteiger partial charge in [-0.1, -0.05) is 55.8 Å². The monoisotopic (exact) mass is 299 g/mol. The summed E-state index contributed by atoms with van der Waals surface area (Å²) in [4.78, 5) is 0. The van der Waals surface area contributed by atoms with Crippen LogP contribution in [0.25, 0.3) is 0 Å². The highest BCUT2D eigenvalue weighted by atomic mass is 35.5. The Morgan fingerprint density at radius 1 is 1.05 bits per heavy atom. The standard InChI is InChI=1S/C19H22ClN/c1-13(2)15-5-3-14(4-6-15)12-21-19-10-16-7-8-18(20)9-17(16)11-19/h3-9,13,19,21H,10-12H2,1-2H3. The predicted molar refractivity (Wildman–Crippen MR) is 90.0 cm³/mol. The molecule has 110 valence electrons. The van der Waals surface area contributed by atoms with Gasteiger partial charge in [0.15, 0.2) is 0 Å². The molecule has 2 aromatic rings. The molecule has 1 N–H and O–H groups in total. The summed E-state index contributed by atoms with van der Waals surface area (Å²) < 4.78 is 0. The van der Waals surface area contributed by atoms with Gasteiger partial charge < -0.3 is 5.32 Å². The van der Waals surface area contributed by atoms with Crippen LogP contribution in [0.3, 0.4) is 0 Å². The summed E-state index contributed by atoms with van der Waals surface area (Å²) in [6.45, 7) is 5.40. The van der Waals surface area contributed by atoms with E-state index in [1.807, 2.05) is 6.07 Å². The van der Waals surface area contributed by atoms with Gasteiger partial charge in [0.25, 0.3) is 0 Å². The maximum Gasteiger partial charge on any atom is 0.0408 e. The lowest BCUT2D eigenvalue weighted by Gasteiger charge is -2.13. The minimum atomic E-state index is 0.531. The molecule has 0 saturated heterocycles. The molecule has 0 bridgehead atoms. The second-order valence-electron chi connectivity index (χ2n) is 6.30. The van der Waals surface area contributed by atoms with Gasteiger partial charge in [0.05, 0.1) is 0 Å². The quantitative estimate of drug-likeness (QED) is 0.861. The third-order valence-corrected chi connectivity index (χ3v) is 4.58. The van der Waals surface area contributed by atoms with Crippen LogP contribution >= 0.6 is 11.6 Å². The smallest absolute Gasteiger partial charge is 0.0408 e. The van der Waals surface area contributed by atoms with Gasteiger partial charge in [-0.3, -0.25) is 0 Å². The molecule has 0 heterocycles. The summed E-state index contributed by atoms with van der Waals surface area (Å²) in [6, 6.07) is 15.8. The fourth-order valence-electron chi connectivity index (χ4n) is 3.01. The van der Waals surface area contributed by atoms with Gasteiger partial charge in [-0.15, -0.1) is 0 Å². The van der Waals surface area contributed by atoms with Gasteiger partial charge in [0.2, 0.25) is 0 Å². The van der Waals surface area contributed by atoms with E-state index in [2.05, 4.69) is 55.6 Å². The van der Waals surface area contributed by atoms with E-state index in [9.17, 15) is 0 Å². The Morgan fingerprint density at radius 2 is 1.76 bits per heavy atom. The normalized spacial score (nSPS) is 17.2. The summed E-state index contributed by atoms with van der Waals surface area (Å²) in [5.41, 5.74) is 5.59. The fraction of sp³-hybridized carbons (Fsp3) is 0.368. The fourth-order valence-corrected chi connectivity index (χ4v) is 3.21. The van der Waals surface area contributed by atoms with E-state index in [4.69, 9.17) is 11.6 Å². The third kappa shape index (κ3) is 3.48. The Morgan fingerprint density at radius 3 is 2.48 bits per heavy atom. The zero-order valence-electron chi connectivity index (χ0n) is 12.7. The lowest BCUT2D eigenvalue weighted by molar-refractivity contribution is 0.533. The van der Waals surface area contributed by atoms with E-state index in [1.54, 1.807) is 0 Å². The molecule has 2 aromatic carbocycles. The number of hydrogen-bond acceptors (Lipinski definition) is 1. The predicted octanol–water partition coefficient (Wildman–Crippen LogP) is 4.72. The summed E-state index contributed by atoms with van der Waals surface area (Å²) in [6.07, 6.45) is 2.19. The molecule has 1 aliphatic rings. The number of rotatable bonds is 4. The number of benzene rings is 2. The molecule has 0 radical (unpaired) electrons. The van der Waals surface area contributed by atoms with Crippen molar-refractivity contribution in [2.24, 2.45) is 0 Å². The highest BCUT2D eigenvalue weighted by molar-refractivity contribution is 6.30. The first kappa shape index (κ1) is 14.6. The molecule has 21 heavy (non-hydrogen) atoms. The lowest BCUT2D eigenvalue weighted by Crippen LogP contribution is -2.28. The molecule has 0 fully saturated rings. The van der Waals surface area contributed by atoms with Gasteiger partial charge in [-0.25, -0.2) is 0 Å². The van der Waals surface area contributed by atoms with Gasteiger partial charge in [0.1, 0.15) is 0 Å². The summed E-state index contributed by atoms with van der Waals surface area (Å²) in [7, 11) is 0. The van der Waals surface area contributed by atoms with Crippen molar-refractivity contribution in [2.75, 3.05) is 0 Å². The van der Waals surface area contributed by atoms with Crippen LogP contribution in [0, 0.1) is 0 Å². The third-order valence-electron chi connectivity index (χ3n) is 4.34. The molecule has 0 aliphatic heterocycles. The topological polar surface area (TPSA) is 12.0 Å². The van der Waals surface area contributed by atoms with Crippen molar-refractivity contribution >= 4 is 11.6 Å². The average molecular weight is 300 g/mol. The van der Waals surface area contributed by atoms with Crippen LogP contribution in [-0.4, -0.2) is 6.04 Å². The van der Waals surface area contributed by atoms with E-state index in [0.717, 1.165) is 24.4 Å². The molecular weight excluding hydrogens is 278 g/mol. The first-order chi connectivity index (χ1) is 10.1. The molecule has 0 spiro atoms. The Kier molecular flexibility index (Phi) is 4.32. The number of fused-ring (bicyclic) bond motifs is 1. The molecule has 0 amide bonds. The molecule has 1 atom stereocenters. The van der Waals surface area contributed by atoms with E-state index in [-0.39, 0.29) is 0 Å². The largest absolute Gasteiger partial charge is 0.309 e. The van der Waals surface area contributed by atoms with Gasteiger partial charge >= 0.3 is 0 Å². The van der Waals surface area contributed by atoms with Gasteiger partial charge in [0, 0.05) is 17.6 Å². The second kappa shape index (κ2) is 6.21. The van der Waals surface area contributed by atoms with E-state index >= 15 is 0 Å². The van der Waals surface area contributed by atoms with E-state index < -0.39 is 0 Å². The maximum absolute atomic E-state index is 6.06. The SMILES string of the molecule is CC(C)c1ccc(CNC2Cc3ccc(Cl)cc3C2)cc1. The first-order valence-electron chi connectivity index (χ1n) is 7.71. The molecule has 0 aromatic heterocycles. The first-order valence-corrected chi connectivity index (χ1v) is 8.09. The second-order valence-corrected chi connectivity index (χ2v) is 6.73. The summed E-state index contributed by atoms with van der Waals surface area (Å²) in [5, 5.41) is 4.52. The Labute approximate surface area is 132 Å². The van der Waals surface area contributed by atoms with Crippen molar-refractivity contribution in [2.45, 2.75) is 45.2 Å². The summed E-state index contributed by atoms with van der Waals surface area (Å²) in [5.74, 6) is 0.598. The molecule has 1 nitrogen and oxygen atoms in total. The molecule has 2 heteroatoms. The average Bonchev–Trinajstić information content (AvgIpc) is 2.87. The minimum absolute atomic E-state index is 0.531.